The second-order valence-electron chi connectivity index (χ2n) is 6.79. The minimum Gasteiger partial charge on any atom is -0.494 e. The summed E-state index contributed by atoms with van der Waals surface area (Å²) in [5.41, 5.74) is 5.64. The number of carbonyl (C=O) groups is 1. The predicted octanol–water partition coefficient (Wildman–Crippen LogP) is 2.03. The van der Waals surface area contributed by atoms with Crippen molar-refractivity contribution >= 4 is 15.7 Å². The summed E-state index contributed by atoms with van der Waals surface area (Å²) >= 11 is 0. The second-order valence-corrected chi connectivity index (χ2v) is 8.80. The fourth-order valence-electron chi connectivity index (χ4n) is 3.15. The Kier molecular flexibility index (Phi) is 6.84. The van der Waals surface area contributed by atoms with Crippen molar-refractivity contribution in [2.24, 2.45) is 5.73 Å². The number of sulfone groups is 1. The lowest BCUT2D eigenvalue weighted by atomic mass is 9.97. The summed E-state index contributed by atoms with van der Waals surface area (Å²) in [4.78, 5) is 12.3. The summed E-state index contributed by atoms with van der Waals surface area (Å²) in [5.74, 6) is 0.690. The maximum absolute atomic E-state index is 12.1. The highest BCUT2D eigenvalue weighted by Crippen LogP contribution is 2.28. The highest BCUT2D eigenvalue weighted by molar-refractivity contribution is 7.90. The van der Waals surface area contributed by atoms with Crippen molar-refractivity contribution in [1.82, 2.24) is 5.32 Å². The van der Waals surface area contributed by atoms with Crippen LogP contribution in [-0.4, -0.2) is 39.3 Å². The van der Waals surface area contributed by atoms with Gasteiger partial charge in [-0.1, -0.05) is 12.8 Å². The highest BCUT2D eigenvalue weighted by atomic mass is 32.2. The number of carbonyl (C=O) groups excluding carboxylic acids is 1. The fourth-order valence-corrected chi connectivity index (χ4v) is 3.78. The lowest BCUT2D eigenvalue weighted by Crippen LogP contribution is -2.51. The topological polar surface area (TPSA) is 98.5 Å². The standard InChI is InChI=1S/C18H28N2O4S/c1-25(22,23)16-9-7-15(8-10-16)24-13-5-2-6-17(21)20-18(14-19)11-3-4-12-18/h7-10H,2-6,11-14,19H2,1H3,(H,20,21). The third-order valence-corrected chi connectivity index (χ3v) is 5.80. The van der Waals surface area contributed by atoms with E-state index in [0.29, 0.717) is 25.3 Å². The molecule has 3 N–H and O–H groups in total. The number of unbranched alkanes of at least 4 members (excludes halogenated alkanes) is 1. The van der Waals surface area contributed by atoms with Gasteiger partial charge >= 0.3 is 0 Å². The van der Waals surface area contributed by atoms with Gasteiger partial charge in [0, 0.05) is 19.2 Å². The number of hydrogen-bond acceptors (Lipinski definition) is 5. The number of benzene rings is 1. The van der Waals surface area contributed by atoms with Crippen molar-refractivity contribution < 1.29 is 17.9 Å². The van der Waals surface area contributed by atoms with Gasteiger partial charge < -0.3 is 15.8 Å². The average Bonchev–Trinajstić information content (AvgIpc) is 3.03. The molecule has 1 aromatic rings. The van der Waals surface area contributed by atoms with Gasteiger partial charge in [0.15, 0.2) is 9.84 Å². The van der Waals surface area contributed by atoms with E-state index in [9.17, 15) is 13.2 Å². The van der Waals surface area contributed by atoms with E-state index in [4.69, 9.17) is 10.5 Å². The molecule has 0 atom stereocenters. The van der Waals surface area contributed by atoms with Crippen LogP contribution >= 0.6 is 0 Å². The summed E-state index contributed by atoms with van der Waals surface area (Å²) in [5, 5.41) is 3.11. The van der Waals surface area contributed by atoms with Crippen LogP contribution in [0.1, 0.15) is 44.9 Å². The van der Waals surface area contributed by atoms with Crippen LogP contribution < -0.4 is 15.8 Å². The third-order valence-electron chi connectivity index (χ3n) is 4.67. The summed E-state index contributed by atoms with van der Waals surface area (Å²) in [6.45, 7) is 0.999. The Balaban J connectivity index is 1.65. The van der Waals surface area contributed by atoms with Crippen molar-refractivity contribution in [2.75, 3.05) is 19.4 Å². The number of nitrogens with two attached hydrogens (primary N) is 1. The molecule has 7 heteroatoms. The first kappa shape index (κ1) is 19.7. The van der Waals surface area contributed by atoms with E-state index in [2.05, 4.69) is 5.32 Å². The molecule has 0 heterocycles. The van der Waals surface area contributed by atoms with Crippen LogP contribution in [0.4, 0.5) is 0 Å². The zero-order chi connectivity index (χ0) is 18.3. The quantitative estimate of drug-likeness (QED) is 0.650. The minimum absolute atomic E-state index is 0.0601. The van der Waals surface area contributed by atoms with Gasteiger partial charge in [-0.25, -0.2) is 8.42 Å². The first-order valence-corrected chi connectivity index (χ1v) is 10.7. The van der Waals surface area contributed by atoms with E-state index in [-0.39, 0.29) is 16.3 Å². The van der Waals surface area contributed by atoms with E-state index in [0.717, 1.165) is 38.5 Å². The Morgan fingerprint density at radius 3 is 2.40 bits per heavy atom. The molecule has 140 valence electrons. The van der Waals surface area contributed by atoms with Crippen molar-refractivity contribution in [2.45, 2.75) is 55.4 Å². The van der Waals surface area contributed by atoms with Crippen LogP contribution in [0, 0.1) is 0 Å². The minimum atomic E-state index is -3.18. The Bertz CT molecular complexity index is 665. The van der Waals surface area contributed by atoms with Crippen LogP contribution in [-0.2, 0) is 14.6 Å². The molecule has 1 aliphatic carbocycles. The van der Waals surface area contributed by atoms with Gasteiger partial charge in [0.05, 0.1) is 17.0 Å². The molecule has 0 spiro atoms. The van der Waals surface area contributed by atoms with E-state index in [1.807, 2.05) is 0 Å². The number of hydrogen-bond donors (Lipinski definition) is 2. The molecule has 0 aromatic heterocycles. The van der Waals surface area contributed by atoms with Crippen molar-refractivity contribution in [3.63, 3.8) is 0 Å². The Morgan fingerprint density at radius 1 is 1.20 bits per heavy atom. The molecule has 6 nitrogen and oxygen atoms in total. The molecule has 1 saturated carbocycles. The first-order chi connectivity index (χ1) is 11.8. The molecule has 2 rings (SSSR count). The smallest absolute Gasteiger partial charge is 0.220 e. The van der Waals surface area contributed by atoms with Crippen LogP contribution in [0.2, 0.25) is 0 Å². The van der Waals surface area contributed by atoms with Crippen molar-refractivity contribution in [3.05, 3.63) is 24.3 Å². The number of nitrogens with one attached hydrogen (secondary N) is 1. The molecule has 0 aliphatic heterocycles. The van der Waals surface area contributed by atoms with E-state index >= 15 is 0 Å². The van der Waals surface area contributed by atoms with Gasteiger partial charge in [0.2, 0.25) is 5.91 Å². The summed E-state index contributed by atoms with van der Waals surface area (Å²) < 4.78 is 28.4. The summed E-state index contributed by atoms with van der Waals surface area (Å²) in [6, 6.07) is 6.36. The zero-order valence-electron chi connectivity index (χ0n) is 14.8. The molecule has 1 amide bonds. The largest absolute Gasteiger partial charge is 0.494 e. The predicted molar refractivity (Wildman–Crippen MR) is 97.3 cm³/mol. The summed E-state index contributed by atoms with van der Waals surface area (Å²) in [6.07, 6.45) is 7.35. The van der Waals surface area contributed by atoms with Crippen molar-refractivity contribution in [3.8, 4) is 5.75 Å². The zero-order valence-corrected chi connectivity index (χ0v) is 15.6. The molecule has 0 bridgehead atoms. The van der Waals surface area contributed by atoms with Crippen LogP contribution in [0.25, 0.3) is 0 Å². The van der Waals surface area contributed by atoms with Gasteiger partial charge in [-0.3, -0.25) is 4.79 Å². The maximum atomic E-state index is 12.1. The van der Waals surface area contributed by atoms with Gasteiger partial charge in [0.1, 0.15) is 5.75 Å². The number of rotatable bonds is 9. The highest BCUT2D eigenvalue weighted by Gasteiger charge is 2.33. The second kappa shape index (κ2) is 8.67. The average molecular weight is 368 g/mol. The number of amides is 1. The molecular formula is C18H28N2O4S. The van der Waals surface area contributed by atoms with Crippen LogP contribution in [0.15, 0.2) is 29.2 Å². The Labute approximate surface area is 150 Å². The molecule has 0 saturated heterocycles. The molecule has 1 aromatic carbocycles. The lowest BCUT2D eigenvalue weighted by molar-refractivity contribution is -0.123. The summed E-state index contributed by atoms with van der Waals surface area (Å²) in [7, 11) is -3.18. The molecule has 0 radical (unpaired) electrons. The molecular weight excluding hydrogens is 340 g/mol. The third kappa shape index (κ3) is 6.01. The molecule has 0 unspecified atom stereocenters. The monoisotopic (exact) mass is 368 g/mol. The number of ether oxygens (including phenoxy) is 1. The van der Waals surface area contributed by atoms with Crippen LogP contribution in [0.3, 0.4) is 0 Å². The molecule has 1 aliphatic rings. The van der Waals surface area contributed by atoms with Gasteiger partial charge in [-0.15, -0.1) is 0 Å². The van der Waals surface area contributed by atoms with Crippen molar-refractivity contribution in [1.29, 1.82) is 0 Å². The maximum Gasteiger partial charge on any atom is 0.220 e. The van der Waals surface area contributed by atoms with Gasteiger partial charge in [-0.2, -0.15) is 0 Å². The fraction of sp³-hybridized carbons (Fsp3) is 0.611. The lowest BCUT2D eigenvalue weighted by Gasteiger charge is -2.28. The van der Waals surface area contributed by atoms with Gasteiger partial charge in [-0.05, 0) is 49.9 Å². The van der Waals surface area contributed by atoms with E-state index in [1.54, 1.807) is 12.1 Å². The Morgan fingerprint density at radius 2 is 1.84 bits per heavy atom. The molecule has 1 fully saturated rings. The Hall–Kier alpha value is -1.60. The van der Waals surface area contributed by atoms with E-state index in [1.165, 1.54) is 18.4 Å². The van der Waals surface area contributed by atoms with Gasteiger partial charge in [0.25, 0.3) is 0 Å². The van der Waals surface area contributed by atoms with Crippen LogP contribution in [0.5, 0.6) is 5.75 Å². The SMILES string of the molecule is CS(=O)(=O)c1ccc(OCCCCC(=O)NC2(CN)CCCC2)cc1. The normalized spacial score (nSPS) is 16.6. The van der Waals surface area contributed by atoms with E-state index < -0.39 is 9.84 Å². The first-order valence-electron chi connectivity index (χ1n) is 8.79. The molecule has 25 heavy (non-hydrogen) atoms.